The van der Waals surface area contributed by atoms with Crippen LogP contribution in [0.2, 0.25) is 0 Å². The van der Waals surface area contributed by atoms with Crippen molar-refractivity contribution >= 4 is 23.4 Å². The number of Topliss-reactive ketones (excluding diaryl/α,β-unsaturated/α-hetero) is 1. The van der Waals surface area contributed by atoms with E-state index in [0.29, 0.717) is 6.42 Å². The normalized spacial score (nSPS) is 37.0. The van der Waals surface area contributed by atoms with Gasteiger partial charge in [-0.05, 0) is 56.1 Å². The van der Waals surface area contributed by atoms with Gasteiger partial charge in [-0.2, -0.15) is 0 Å². The lowest BCUT2D eigenvalue weighted by atomic mass is 9.46. The predicted octanol–water partition coefficient (Wildman–Crippen LogP) is 1.62. The molecule has 0 saturated heterocycles. The van der Waals surface area contributed by atoms with E-state index in [0.717, 1.165) is 18.4 Å². The molecule has 0 unspecified atom stereocenters. The van der Waals surface area contributed by atoms with Gasteiger partial charge in [0.2, 0.25) is 11.7 Å². The third-order valence-electron chi connectivity index (χ3n) is 10.0. The van der Waals surface area contributed by atoms with Crippen molar-refractivity contribution in [1.82, 2.24) is 5.32 Å². The summed E-state index contributed by atoms with van der Waals surface area (Å²) in [6, 6.07) is 0. The number of methoxy groups -OCH3 is 2. The minimum atomic E-state index is -1.73. The molecule has 0 spiro atoms. The molecule has 10 heteroatoms. The number of hydrogen-bond acceptors (Lipinski definition) is 9. The number of amides is 1. The quantitative estimate of drug-likeness (QED) is 0.274. The van der Waals surface area contributed by atoms with E-state index in [1.54, 1.807) is 12.2 Å². The summed E-state index contributed by atoms with van der Waals surface area (Å²) in [6.45, 7) is 3.48. The van der Waals surface area contributed by atoms with Crippen LogP contribution in [0.4, 0.5) is 0 Å². The molecule has 0 heterocycles. The van der Waals surface area contributed by atoms with E-state index in [4.69, 9.17) is 14.2 Å². The highest BCUT2D eigenvalue weighted by Gasteiger charge is 2.68. The van der Waals surface area contributed by atoms with Gasteiger partial charge in [0.05, 0.1) is 19.1 Å². The number of nitrogens with one attached hydrogen (secondary N) is 1. The van der Waals surface area contributed by atoms with Crippen molar-refractivity contribution < 1.29 is 43.6 Å². The van der Waals surface area contributed by atoms with Gasteiger partial charge in [-0.1, -0.05) is 25.5 Å². The first kappa shape index (κ1) is 29.6. The Hall–Kier alpha value is -2.40. The van der Waals surface area contributed by atoms with Crippen LogP contribution in [0.3, 0.4) is 0 Å². The fraction of sp³-hybridized carbons (Fsp3) is 0.724. The summed E-state index contributed by atoms with van der Waals surface area (Å²) >= 11 is 0. The van der Waals surface area contributed by atoms with Crippen molar-refractivity contribution in [3.05, 3.63) is 23.8 Å². The van der Waals surface area contributed by atoms with Crippen LogP contribution in [0.25, 0.3) is 0 Å². The van der Waals surface area contributed by atoms with Crippen molar-refractivity contribution in [3.63, 3.8) is 0 Å². The average molecular weight is 548 g/mol. The number of carbonyl (C=O) groups is 4. The highest BCUT2D eigenvalue weighted by atomic mass is 16.7. The number of hydrogen-bond donors (Lipinski definition) is 3. The Balaban J connectivity index is 1.37. The maximum Gasteiger partial charge on any atom is 0.306 e. The fourth-order valence-corrected chi connectivity index (χ4v) is 7.89. The molecule has 39 heavy (non-hydrogen) atoms. The maximum absolute atomic E-state index is 13.3. The number of aliphatic hydroxyl groups is 2. The van der Waals surface area contributed by atoms with Crippen molar-refractivity contribution in [2.24, 2.45) is 28.6 Å². The van der Waals surface area contributed by atoms with Crippen LogP contribution in [0.1, 0.15) is 58.8 Å². The van der Waals surface area contributed by atoms with Crippen molar-refractivity contribution in [2.45, 2.75) is 76.8 Å². The minimum Gasteiger partial charge on any atom is -0.458 e. The number of ketones is 2. The lowest BCUT2D eigenvalue weighted by Gasteiger charge is -2.59. The van der Waals surface area contributed by atoms with Crippen LogP contribution in [0, 0.1) is 28.6 Å². The van der Waals surface area contributed by atoms with Crippen LogP contribution in [-0.2, 0) is 33.4 Å². The number of fused-ring (bicyclic) bond motifs is 5. The first-order chi connectivity index (χ1) is 18.4. The molecule has 216 valence electrons. The summed E-state index contributed by atoms with van der Waals surface area (Å²) in [6.07, 6.45) is 6.12. The number of allylic oxidation sites excluding steroid dienone is 4. The molecular formula is C29H41NO9. The van der Waals surface area contributed by atoms with Crippen LogP contribution in [0.5, 0.6) is 0 Å². The topological polar surface area (TPSA) is 148 Å². The summed E-state index contributed by atoms with van der Waals surface area (Å²) in [5.74, 6) is -1.72. The zero-order valence-corrected chi connectivity index (χ0v) is 23.2. The Labute approximate surface area is 229 Å². The van der Waals surface area contributed by atoms with E-state index in [1.165, 1.54) is 14.2 Å². The van der Waals surface area contributed by atoms with Crippen molar-refractivity contribution in [1.29, 1.82) is 0 Å². The zero-order valence-electron chi connectivity index (χ0n) is 23.2. The number of aliphatic hydroxyl groups excluding tert-OH is 1. The Morgan fingerprint density at radius 2 is 1.87 bits per heavy atom. The molecule has 1 amide bonds. The molecule has 0 aromatic heterocycles. The fourth-order valence-electron chi connectivity index (χ4n) is 7.89. The number of esters is 1. The van der Waals surface area contributed by atoms with Gasteiger partial charge in [0.15, 0.2) is 18.7 Å². The first-order valence-electron chi connectivity index (χ1n) is 13.8. The van der Waals surface area contributed by atoms with E-state index in [-0.39, 0.29) is 61.7 Å². The summed E-state index contributed by atoms with van der Waals surface area (Å²) in [4.78, 5) is 49.6. The molecule has 0 aromatic carbocycles. The summed E-state index contributed by atoms with van der Waals surface area (Å²) in [5, 5.41) is 25.8. The standard InChI is InChI=1S/C29H41NO9/c1-27-11-9-18(31)13-17(27)5-6-19-20-10-12-29(36,28(20,2)14-21(32)26(19)27)22(33)16-39-24(35)8-7-23(34)30-15-25(37-3)38-4/h9,11,13,19-21,25-26,32,36H,5-8,10,12,14-16H2,1-4H3,(H,30,34)/t19-,20+,21-,26+,27-,28-,29-/m0/s1. The maximum atomic E-state index is 13.3. The molecular weight excluding hydrogens is 506 g/mol. The highest BCUT2D eigenvalue weighted by molar-refractivity contribution is 6.01. The summed E-state index contributed by atoms with van der Waals surface area (Å²) in [5.41, 5.74) is -1.99. The average Bonchev–Trinajstić information content (AvgIpc) is 3.17. The van der Waals surface area contributed by atoms with Crippen LogP contribution < -0.4 is 5.32 Å². The second-order valence-electron chi connectivity index (χ2n) is 11.9. The molecule has 3 saturated carbocycles. The Morgan fingerprint density at radius 1 is 1.15 bits per heavy atom. The Morgan fingerprint density at radius 3 is 2.56 bits per heavy atom. The van der Waals surface area contributed by atoms with Gasteiger partial charge in [0.1, 0.15) is 5.60 Å². The van der Waals surface area contributed by atoms with Gasteiger partial charge in [-0.3, -0.25) is 19.2 Å². The lowest BCUT2D eigenvalue weighted by molar-refractivity contribution is -0.181. The van der Waals surface area contributed by atoms with E-state index < -0.39 is 47.2 Å². The molecule has 4 rings (SSSR count). The molecule has 0 bridgehead atoms. The molecule has 4 aliphatic carbocycles. The van der Waals surface area contributed by atoms with Crippen molar-refractivity contribution in [3.8, 4) is 0 Å². The molecule has 0 aliphatic heterocycles. The van der Waals surface area contributed by atoms with Gasteiger partial charge < -0.3 is 29.7 Å². The van der Waals surface area contributed by atoms with Crippen molar-refractivity contribution in [2.75, 3.05) is 27.4 Å². The Bertz CT molecular complexity index is 1060. The zero-order chi connectivity index (χ0) is 28.6. The van der Waals surface area contributed by atoms with Gasteiger partial charge in [0.25, 0.3) is 0 Å². The minimum absolute atomic E-state index is 0.00618. The molecule has 0 radical (unpaired) electrons. The van der Waals surface area contributed by atoms with Gasteiger partial charge in [-0.25, -0.2) is 0 Å². The molecule has 7 atom stereocenters. The molecule has 0 aromatic rings. The number of rotatable bonds is 10. The van der Waals surface area contributed by atoms with E-state index in [9.17, 15) is 29.4 Å². The van der Waals surface area contributed by atoms with Crippen LogP contribution in [-0.4, -0.2) is 79.0 Å². The van der Waals surface area contributed by atoms with E-state index in [1.807, 2.05) is 13.0 Å². The third kappa shape index (κ3) is 5.24. The Kier molecular flexibility index (Phi) is 8.52. The first-order valence-corrected chi connectivity index (χ1v) is 13.8. The monoisotopic (exact) mass is 547 g/mol. The smallest absolute Gasteiger partial charge is 0.306 e. The van der Waals surface area contributed by atoms with Crippen LogP contribution in [0.15, 0.2) is 23.8 Å². The third-order valence-corrected chi connectivity index (χ3v) is 10.0. The molecule has 3 fully saturated rings. The second-order valence-corrected chi connectivity index (χ2v) is 11.9. The lowest BCUT2D eigenvalue weighted by Crippen LogP contribution is -2.61. The SMILES string of the molecule is COC(CNC(=O)CCC(=O)OCC(=O)[C@@]1(O)CC[C@@H]2[C@@H]3CCC4=CC(=O)C=C[C@]4(C)[C@H]3[C@@H](O)C[C@@]21C)OC. The predicted molar refractivity (Wildman–Crippen MR) is 139 cm³/mol. The number of ether oxygens (including phenoxy) is 3. The molecule has 3 N–H and O–H groups in total. The number of carbonyl (C=O) groups excluding carboxylic acids is 4. The summed E-state index contributed by atoms with van der Waals surface area (Å²) in [7, 11) is 2.89. The summed E-state index contributed by atoms with van der Waals surface area (Å²) < 4.78 is 15.1. The van der Waals surface area contributed by atoms with Gasteiger partial charge in [-0.15, -0.1) is 0 Å². The van der Waals surface area contributed by atoms with Gasteiger partial charge in [0, 0.05) is 37.4 Å². The highest BCUT2D eigenvalue weighted by Crippen LogP contribution is 2.67. The largest absolute Gasteiger partial charge is 0.458 e. The molecule has 4 aliphatic rings. The van der Waals surface area contributed by atoms with E-state index >= 15 is 0 Å². The van der Waals surface area contributed by atoms with Gasteiger partial charge >= 0.3 is 5.97 Å². The van der Waals surface area contributed by atoms with Crippen LogP contribution >= 0.6 is 0 Å². The van der Waals surface area contributed by atoms with E-state index in [2.05, 4.69) is 12.2 Å². The molecule has 10 nitrogen and oxygen atoms in total. The second kappa shape index (κ2) is 11.2.